The fourth-order valence-corrected chi connectivity index (χ4v) is 3.40. The van der Waals surface area contributed by atoms with E-state index in [1.165, 1.54) is 30.5 Å². The van der Waals surface area contributed by atoms with Crippen LogP contribution in [-0.2, 0) is 6.18 Å². The predicted octanol–water partition coefficient (Wildman–Crippen LogP) is 6.69. The molecule has 0 radical (unpaired) electrons. The molecule has 0 bridgehead atoms. The van der Waals surface area contributed by atoms with Crippen LogP contribution in [0.3, 0.4) is 0 Å². The van der Waals surface area contributed by atoms with Crippen LogP contribution in [0.5, 0.6) is 0 Å². The number of nitrogens with one attached hydrogen (secondary N) is 1. The Bertz CT molecular complexity index is 922. The highest BCUT2D eigenvalue weighted by atomic mass is 79.9. The minimum Gasteiger partial charge on any atom is -0.253 e. The van der Waals surface area contributed by atoms with Gasteiger partial charge in [0.25, 0.3) is 0 Å². The molecule has 1 N–H and O–H groups in total. The molecule has 26 heavy (non-hydrogen) atoms. The SMILES string of the molecule is FC(F)(F)c1nc(N/N=C/c2ccc(Br)cc2)sc1-c1ccc(Cl)cc1. The highest BCUT2D eigenvalue weighted by molar-refractivity contribution is 9.10. The van der Waals surface area contributed by atoms with Crippen LogP contribution >= 0.6 is 38.9 Å². The summed E-state index contributed by atoms with van der Waals surface area (Å²) in [5.74, 6) is 0. The number of halogens is 5. The molecule has 0 saturated heterocycles. The van der Waals surface area contributed by atoms with Crippen LogP contribution in [0.4, 0.5) is 18.3 Å². The Labute approximate surface area is 164 Å². The number of nitrogens with zero attached hydrogens (tertiary/aromatic N) is 2. The second-order valence-corrected chi connectivity index (χ2v) is 7.47. The predicted molar refractivity (Wildman–Crippen MR) is 103 cm³/mol. The Morgan fingerprint density at radius 3 is 2.35 bits per heavy atom. The van der Waals surface area contributed by atoms with Gasteiger partial charge >= 0.3 is 6.18 Å². The number of hydrogen-bond donors (Lipinski definition) is 1. The Morgan fingerprint density at radius 1 is 1.08 bits per heavy atom. The number of benzene rings is 2. The maximum Gasteiger partial charge on any atom is 0.434 e. The average molecular weight is 461 g/mol. The highest BCUT2D eigenvalue weighted by Crippen LogP contribution is 2.42. The first kappa shape index (κ1) is 18.9. The lowest BCUT2D eigenvalue weighted by Gasteiger charge is -2.05. The third-order valence-corrected chi connectivity index (χ3v) is 5.04. The summed E-state index contributed by atoms with van der Waals surface area (Å²) in [4.78, 5) is 3.66. The van der Waals surface area contributed by atoms with E-state index in [9.17, 15) is 13.2 Å². The Hall–Kier alpha value is -1.90. The van der Waals surface area contributed by atoms with Gasteiger partial charge in [0, 0.05) is 9.50 Å². The van der Waals surface area contributed by atoms with Gasteiger partial charge in [0.05, 0.1) is 11.1 Å². The molecule has 9 heteroatoms. The molecule has 3 nitrogen and oxygen atoms in total. The van der Waals surface area contributed by atoms with Crippen molar-refractivity contribution in [2.75, 3.05) is 5.43 Å². The van der Waals surface area contributed by atoms with Gasteiger partial charge in [-0.15, -0.1) is 0 Å². The summed E-state index contributed by atoms with van der Waals surface area (Å²) in [5, 5.41) is 4.45. The molecule has 1 aromatic heterocycles. The number of anilines is 1. The van der Waals surface area contributed by atoms with Crippen molar-refractivity contribution in [2.45, 2.75) is 6.18 Å². The zero-order chi connectivity index (χ0) is 18.7. The fraction of sp³-hybridized carbons (Fsp3) is 0.0588. The smallest absolute Gasteiger partial charge is 0.253 e. The van der Waals surface area contributed by atoms with Crippen molar-refractivity contribution in [1.82, 2.24) is 4.98 Å². The van der Waals surface area contributed by atoms with Gasteiger partial charge in [-0.25, -0.2) is 4.98 Å². The van der Waals surface area contributed by atoms with E-state index in [-0.39, 0.29) is 10.0 Å². The van der Waals surface area contributed by atoms with E-state index in [0.717, 1.165) is 21.4 Å². The van der Waals surface area contributed by atoms with Crippen LogP contribution in [0.15, 0.2) is 58.1 Å². The van der Waals surface area contributed by atoms with Crippen molar-refractivity contribution in [3.05, 3.63) is 69.3 Å². The van der Waals surface area contributed by atoms with Crippen molar-refractivity contribution in [1.29, 1.82) is 0 Å². The van der Waals surface area contributed by atoms with Crippen molar-refractivity contribution < 1.29 is 13.2 Å². The summed E-state index contributed by atoms with van der Waals surface area (Å²) in [5.41, 5.74) is 2.80. The molecule has 0 unspecified atom stereocenters. The molecule has 0 aliphatic rings. The number of alkyl halides is 3. The maximum atomic E-state index is 13.3. The molecule has 3 rings (SSSR count). The van der Waals surface area contributed by atoms with E-state index in [1.54, 1.807) is 0 Å². The highest BCUT2D eigenvalue weighted by Gasteiger charge is 2.38. The molecule has 2 aromatic carbocycles. The van der Waals surface area contributed by atoms with Gasteiger partial charge in [0.2, 0.25) is 5.13 Å². The van der Waals surface area contributed by atoms with Crippen LogP contribution < -0.4 is 5.43 Å². The first-order chi connectivity index (χ1) is 12.3. The monoisotopic (exact) mass is 459 g/mol. The normalized spacial score (nSPS) is 11.9. The van der Waals surface area contributed by atoms with Crippen molar-refractivity contribution >= 4 is 50.2 Å². The fourth-order valence-electron chi connectivity index (χ4n) is 2.07. The number of hydrogen-bond acceptors (Lipinski definition) is 4. The number of aromatic nitrogens is 1. The minimum atomic E-state index is -4.57. The first-order valence-electron chi connectivity index (χ1n) is 7.21. The van der Waals surface area contributed by atoms with Gasteiger partial charge < -0.3 is 0 Å². The Kier molecular flexibility index (Phi) is 5.64. The van der Waals surface area contributed by atoms with E-state index in [1.807, 2.05) is 24.3 Å². The third kappa shape index (κ3) is 4.63. The summed E-state index contributed by atoms with van der Waals surface area (Å²) in [6, 6.07) is 13.4. The van der Waals surface area contributed by atoms with Gasteiger partial charge in [-0.1, -0.05) is 63.1 Å². The molecule has 0 atom stereocenters. The second-order valence-electron chi connectivity index (χ2n) is 5.12. The summed E-state index contributed by atoms with van der Waals surface area (Å²) in [7, 11) is 0. The van der Waals surface area contributed by atoms with Gasteiger partial charge in [0.1, 0.15) is 0 Å². The number of hydrazone groups is 1. The standard InChI is InChI=1S/C17H10BrClF3N3S/c18-12-5-1-10(2-6-12)9-23-25-16-24-15(17(20,21)22)14(26-16)11-3-7-13(19)8-4-11/h1-9H,(H,24,25)/b23-9+. The second kappa shape index (κ2) is 7.77. The molecule has 0 aliphatic heterocycles. The van der Waals surface area contributed by atoms with Crippen LogP contribution in [-0.4, -0.2) is 11.2 Å². The maximum absolute atomic E-state index is 13.3. The number of thiazole rings is 1. The molecule has 0 aliphatic carbocycles. The topological polar surface area (TPSA) is 37.3 Å². The van der Waals surface area contributed by atoms with Crippen LogP contribution in [0.25, 0.3) is 10.4 Å². The van der Waals surface area contributed by atoms with Crippen LogP contribution in [0, 0.1) is 0 Å². The molecule has 134 valence electrons. The molecular formula is C17H10BrClF3N3S. The quantitative estimate of drug-likeness (QED) is 0.348. The molecule has 0 amide bonds. The van der Waals surface area contributed by atoms with Gasteiger partial charge in [0.15, 0.2) is 5.69 Å². The van der Waals surface area contributed by atoms with E-state index in [0.29, 0.717) is 10.6 Å². The van der Waals surface area contributed by atoms with E-state index in [4.69, 9.17) is 11.6 Å². The van der Waals surface area contributed by atoms with Crippen molar-refractivity contribution in [3.63, 3.8) is 0 Å². The van der Waals surface area contributed by atoms with Gasteiger partial charge in [-0.2, -0.15) is 18.3 Å². The average Bonchev–Trinajstić information content (AvgIpc) is 3.02. The van der Waals surface area contributed by atoms with Gasteiger partial charge in [-0.05, 0) is 35.4 Å². The largest absolute Gasteiger partial charge is 0.434 e. The first-order valence-corrected chi connectivity index (χ1v) is 9.20. The molecule has 3 aromatic rings. The molecule has 1 heterocycles. The summed E-state index contributed by atoms with van der Waals surface area (Å²) >= 11 is 10.0. The van der Waals surface area contributed by atoms with E-state index in [2.05, 4.69) is 31.4 Å². The molecule has 0 spiro atoms. The lowest BCUT2D eigenvalue weighted by Crippen LogP contribution is -2.07. The zero-order valence-corrected chi connectivity index (χ0v) is 16.0. The van der Waals surface area contributed by atoms with Crippen molar-refractivity contribution in [2.24, 2.45) is 5.10 Å². The van der Waals surface area contributed by atoms with E-state index < -0.39 is 11.9 Å². The van der Waals surface area contributed by atoms with Crippen molar-refractivity contribution in [3.8, 4) is 10.4 Å². The minimum absolute atomic E-state index is 0.00973. The molecule has 0 fully saturated rings. The molecule has 0 saturated carbocycles. The Balaban J connectivity index is 1.86. The van der Waals surface area contributed by atoms with Crippen LogP contribution in [0.1, 0.15) is 11.3 Å². The van der Waals surface area contributed by atoms with E-state index >= 15 is 0 Å². The summed E-state index contributed by atoms with van der Waals surface area (Å²) in [6.45, 7) is 0. The summed E-state index contributed by atoms with van der Waals surface area (Å²) < 4.78 is 40.8. The zero-order valence-electron chi connectivity index (χ0n) is 12.9. The van der Waals surface area contributed by atoms with Crippen LogP contribution in [0.2, 0.25) is 5.02 Å². The molecular weight excluding hydrogens is 451 g/mol. The van der Waals surface area contributed by atoms with Gasteiger partial charge in [-0.3, -0.25) is 5.43 Å². The number of rotatable bonds is 4. The third-order valence-electron chi connectivity index (χ3n) is 3.25. The lowest BCUT2D eigenvalue weighted by molar-refractivity contribution is -0.140. The lowest BCUT2D eigenvalue weighted by atomic mass is 10.1. The Morgan fingerprint density at radius 2 is 1.73 bits per heavy atom. The summed E-state index contributed by atoms with van der Waals surface area (Å²) in [6.07, 6.45) is -3.07.